The summed E-state index contributed by atoms with van der Waals surface area (Å²) in [5.41, 5.74) is 0.360. The number of allylic oxidation sites excluding steroid dienone is 3. The van der Waals surface area contributed by atoms with Crippen molar-refractivity contribution in [2.24, 2.45) is 0 Å². The van der Waals surface area contributed by atoms with Gasteiger partial charge < -0.3 is 18.9 Å². The van der Waals surface area contributed by atoms with Gasteiger partial charge in [-0.25, -0.2) is 4.79 Å². The van der Waals surface area contributed by atoms with Gasteiger partial charge in [-0.1, -0.05) is 18.2 Å². The third-order valence-electron chi connectivity index (χ3n) is 3.86. The van der Waals surface area contributed by atoms with Gasteiger partial charge in [-0.3, -0.25) is 0 Å². The van der Waals surface area contributed by atoms with Crippen LogP contribution in [-0.2, 0) is 4.74 Å². The van der Waals surface area contributed by atoms with Gasteiger partial charge in [0.1, 0.15) is 0 Å². The lowest BCUT2D eigenvalue weighted by molar-refractivity contribution is 0.0599. The molecule has 0 spiro atoms. The van der Waals surface area contributed by atoms with E-state index in [-0.39, 0.29) is 0 Å². The highest BCUT2D eigenvalue weighted by Gasteiger charge is 2.19. The van der Waals surface area contributed by atoms with Gasteiger partial charge in [0, 0.05) is 0 Å². The van der Waals surface area contributed by atoms with Crippen LogP contribution in [0, 0.1) is 0 Å². The normalized spacial score (nSPS) is 10.0. The molecule has 28 heavy (non-hydrogen) atoms. The molecule has 0 aliphatic carbocycles. The lowest BCUT2D eigenvalue weighted by atomic mass is 10.1. The van der Waals surface area contributed by atoms with Crippen molar-refractivity contribution >= 4 is 5.97 Å². The Hall–Kier alpha value is -2.69. The van der Waals surface area contributed by atoms with Crippen molar-refractivity contribution in [2.75, 3.05) is 26.9 Å². The van der Waals surface area contributed by atoms with Crippen LogP contribution in [0.15, 0.2) is 50.1 Å². The van der Waals surface area contributed by atoms with Crippen molar-refractivity contribution in [1.82, 2.24) is 0 Å². The van der Waals surface area contributed by atoms with Crippen molar-refractivity contribution in [3.8, 4) is 17.2 Å². The van der Waals surface area contributed by atoms with Crippen LogP contribution in [0.5, 0.6) is 17.2 Å². The second kappa shape index (κ2) is 14.4. The van der Waals surface area contributed by atoms with E-state index in [4.69, 9.17) is 18.9 Å². The number of carbonyl (C=O) groups excluding carboxylic acids is 1. The van der Waals surface area contributed by atoms with Crippen LogP contribution in [0.25, 0.3) is 0 Å². The Kier molecular flexibility index (Phi) is 12.0. The Labute approximate surface area is 168 Å². The number of unbranched alkanes of at least 4 members (excludes halogenated alkanes) is 3. The van der Waals surface area contributed by atoms with Gasteiger partial charge in [-0.15, -0.1) is 19.7 Å². The fourth-order valence-corrected chi connectivity index (χ4v) is 2.39. The highest BCUT2D eigenvalue weighted by molar-refractivity contribution is 5.91. The monoisotopic (exact) mass is 388 g/mol. The van der Waals surface area contributed by atoms with E-state index in [1.54, 1.807) is 12.1 Å². The SMILES string of the molecule is C=CCCCOc1cc(C(=O)OC)cc(OCCCC=C)c1OCCCC=C. The molecule has 0 saturated heterocycles. The Balaban J connectivity index is 3.10. The minimum absolute atomic E-state index is 0.360. The number of carbonyl (C=O) groups is 1. The van der Waals surface area contributed by atoms with Crippen LogP contribution in [0.4, 0.5) is 0 Å². The number of ether oxygens (including phenoxy) is 4. The lowest BCUT2D eigenvalue weighted by Gasteiger charge is -2.18. The van der Waals surface area contributed by atoms with Crippen molar-refractivity contribution in [1.29, 1.82) is 0 Å². The molecule has 0 amide bonds. The predicted molar refractivity (Wildman–Crippen MR) is 113 cm³/mol. The van der Waals surface area contributed by atoms with E-state index in [2.05, 4.69) is 19.7 Å². The van der Waals surface area contributed by atoms with Crippen LogP contribution in [0.3, 0.4) is 0 Å². The van der Waals surface area contributed by atoms with E-state index in [1.807, 2.05) is 18.2 Å². The molecule has 0 bridgehead atoms. The van der Waals surface area contributed by atoms with Crippen molar-refractivity contribution < 1.29 is 23.7 Å². The van der Waals surface area contributed by atoms with Crippen LogP contribution in [0.2, 0.25) is 0 Å². The molecule has 0 heterocycles. The maximum Gasteiger partial charge on any atom is 0.338 e. The Morgan fingerprint density at radius 3 is 1.64 bits per heavy atom. The van der Waals surface area contributed by atoms with Crippen molar-refractivity contribution in [3.05, 3.63) is 55.7 Å². The van der Waals surface area contributed by atoms with Gasteiger partial charge in [-0.05, 0) is 50.7 Å². The summed E-state index contributed by atoms with van der Waals surface area (Å²) < 4.78 is 22.6. The number of benzene rings is 1. The zero-order valence-electron chi connectivity index (χ0n) is 16.9. The summed E-state index contributed by atoms with van der Waals surface area (Å²) in [5.74, 6) is 1.01. The molecular formula is C23H32O5. The van der Waals surface area contributed by atoms with E-state index in [1.165, 1.54) is 7.11 Å². The summed E-state index contributed by atoms with van der Waals surface area (Å²) in [6, 6.07) is 3.28. The minimum Gasteiger partial charge on any atom is -0.490 e. The zero-order valence-corrected chi connectivity index (χ0v) is 16.9. The molecular weight excluding hydrogens is 356 g/mol. The molecule has 0 aliphatic heterocycles. The molecule has 0 aliphatic rings. The van der Waals surface area contributed by atoms with Crippen molar-refractivity contribution in [3.63, 3.8) is 0 Å². The molecule has 0 radical (unpaired) electrons. The summed E-state index contributed by atoms with van der Waals surface area (Å²) in [6.45, 7) is 12.6. The maximum atomic E-state index is 12.1. The number of hydrogen-bond acceptors (Lipinski definition) is 5. The predicted octanol–water partition coefficient (Wildman–Crippen LogP) is 5.51. The van der Waals surface area contributed by atoms with Gasteiger partial charge in [-0.2, -0.15) is 0 Å². The fourth-order valence-electron chi connectivity index (χ4n) is 2.39. The first-order chi connectivity index (χ1) is 13.7. The van der Waals surface area contributed by atoms with E-state index >= 15 is 0 Å². The zero-order chi connectivity index (χ0) is 20.6. The van der Waals surface area contributed by atoms with E-state index in [0.29, 0.717) is 42.6 Å². The molecule has 154 valence electrons. The van der Waals surface area contributed by atoms with E-state index < -0.39 is 5.97 Å². The maximum absolute atomic E-state index is 12.1. The van der Waals surface area contributed by atoms with Crippen LogP contribution >= 0.6 is 0 Å². The molecule has 1 rings (SSSR count). The van der Waals surface area contributed by atoms with E-state index in [0.717, 1.165) is 38.5 Å². The molecule has 5 nitrogen and oxygen atoms in total. The molecule has 0 saturated carbocycles. The van der Waals surface area contributed by atoms with Gasteiger partial charge in [0.05, 0.1) is 32.5 Å². The molecule has 0 unspecified atom stereocenters. The first-order valence-electron chi connectivity index (χ1n) is 9.65. The summed E-state index contributed by atoms with van der Waals surface area (Å²) in [5, 5.41) is 0. The van der Waals surface area contributed by atoms with E-state index in [9.17, 15) is 4.79 Å². The Morgan fingerprint density at radius 1 is 0.821 bits per heavy atom. The topological polar surface area (TPSA) is 54.0 Å². The number of methoxy groups -OCH3 is 1. The Morgan fingerprint density at radius 2 is 1.25 bits per heavy atom. The second-order valence-corrected chi connectivity index (χ2v) is 6.13. The highest BCUT2D eigenvalue weighted by Crippen LogP contribution is 2.39. The standard InChI is InChI=1S/C23H32O5/c1-5-8-11-14-26-20-17-19(23(24)25-4)18-21(27-15-12-9-6-2)22(20)28-16-13-10-7-3/h5-7,17-18H,1-3,8-16H2,4H3. The number of esters is 1. The average Bonchev–Trinajstić information content (AvgIpc) is 2.71. The van der Waals surface area contributed by atoms with Crippen LogP contribution < -0.4 is 14.2 Å². The molecule has 0 atom stereocenters. The average molecular weight is 389 g/mol. The van der Waals surface area contributed by atoms with Crippen molar-refractivity contribution in [2.45, 2.75) is 38.5 Å². The number of hydrogen-bond donors (Lipinski definition) is 0. The van der Waals surface area contributed by atoms with Crippen LogP contribution in [-0.4, -0.2) is 32.9 Å². The lowest BCUT2D eigenvalue weighted by Crippen LogP contribution is -2.09. The first kappa shape index (κ1) is 23.3. The molecule has 5 heteroatoms. The second-order valence-electron chi connectivity index (χ2n) is 6.13. The summed E-state index contributed by atoms with van der Waals surface area (Å²) in [6.07, 6.45) is 10.5. The molecule has 0 aromatic heterocycles. The molecule has 0 fully saturated rings. The quantitative estimate of drug-likeness (QED) is 0.212. The van der Waals surface area contributed by atoms with Gasteiger partial charge in [0.2, 0.25) is 5.75 Å². The smallest absolute Gasteiger partial charge is 0.338 e. The fraction of sp³-hybridized carbons (Fsp3) is 0.435. The number of rotatable bonds is 16. The Bertz CT molecular complexity index is 599. The van der Waals surface area contributed by atoms with Crippen LogP contribution in [0.1, 0.15) is 48.9 Å². The largest absolute Gasteiger partial charge is 0.490 e. The van der Waals surface area contributed by atoms with Gasteiger partial charge >= 0.3 is 5.97 Å². The highest BCUT2D eigenvalue weighted by atomic mass is 16.5. The summed E-state index contributed by atoms with van der Waals surface area (Å²) >= 11 is 0. The van der Waals surface area contributed by atoms with Gasteiger partial charge in [0.15, 0.2) is 11.5 Å². The third kappa shape index (κ3) is 8.33. The third-order valence-corrected chi connectivity index (χ3v) is 3.86. The summed E-state index contributed by atoms with van der Waals surface area (Å²) in [7, 11) is 1.34. The minimum atomic E-state index is -0.454. The molecule has 1 aromatic rings. The first-order valence-corrected chi connectivity index (χ1v) is 9.65. The molecule has 1 aromatic carbocycles. The van der Waals surface area contributed by atoms with Gasteiger partial charge in [0.25, 0.3) is 0 Å². The summed E-state index contributed by atoms with van der Waals surface area (Å²) in [4.78, 5) is 12.1. The molecule has 0 N–H and O–H groups in total.